The molecule has 7 nitrogen and oxygen atoms in total. The molecule has 2 aliphatic rings. The Morgan fingerprint density at radius 2 is 1.82 bits per heavy atom. The Morgan fingerprint density at radius 3 is 2.44 bits per heavy atom. The molecule has 2 heterocycles. The summed E-state index contributed by atoms with van der Waals surface area (Å²) >= 11 is 0. The van der Waals surface area contributed by atoms with Crippen molar-refractivity contribution < 1.29 is 27.9 Å². The SMILES string of the molecule is CN(C(=O)OC(C)(C)C)C1CCC(c2c(F)cc3c(ccn3C3CCC(=O)NC3=O)c2F)CC1. The Labute approximate surface area is 197 Å². The third kappa shape index (κ3) is 4.65. The predicted octanol–water partition coefficient (Wildman–Crippen LogP) is 4.79. The average molecular weight is 476 g/mol. The lowest BCUT2D eigenvalue weighted by atomic mass is 9.80. The van der Waals surface area contributed by atoms with E-state index in [0.29, 0.717) is 31.2 Å². The van der Waals surface area contributed by atoms with Crippen LogP contribution in [-0.4, -0.2) is 46.1 Å². The summed E-state index contributed by atoms with van der Waals surface area (Å²) in [6.45, 7) is 5.43. The van der Waals surface area contributed by atoms with Gasteiger partial charge >= 0.3 is 6.09 Å². The van der Waals surface area contributed by atoms with E-state index < -0.39 is 35.3 Å². The molecule has 4 rings (SSSR count). The van der Waals surface area contributed by atoms with Crippen molar-refractivity contribution in [1.82, 2.24) is 14.8 Å². The fraction of sp³-hybridized carbons (Fsp3) is 0.560. The van der Waals surface area contributed by atoms with Gasteiger partial charge in [-0.25, -0.2) is 13.6 Å². The van der Waals surface area contributed by atoms with Crippen LogP contribution < -0.4 is 5.32 Å². The van der Waals surface area contributed by atoms with Crippen molar-refractivity contribution in [3.63, 3.8) is 0 Å². The van der Waals surface area contributed by atoms with Crippen molar-refractivity contribution in [3.05, 3.63) is 35.5 Å². The highest BCUT2D eigenvalue weighted by molar-refractivity contribution is 6.00. The molecular formula is C25H31F2N3O4. The van der Waals surface area contributed by atoms with Gasteiger partial charge in [0.05, 0.1) is 5.52 Å². The van der Waals surface area contributed by atoms with Crippen LogP contribution >= 0.6 is 0 Å². The fourth-order valence-corrected chi connectivity index (χ4v) is 5.07. The number of rotatable bonds is 3. The lowest BCUT2D eigenvalue weighted by Gasteiger charge is -2.35. The zero-order chi connectivity index (χ0) is 24.8. The van der Waals surface area contributed by atoms with Crippen LogP contribution in [0.1, 0.15) is 76.8 Å². The minimum atomic E-state index is -0.682. The molecule has 0 spiro atoms. The molecule has 2 aromatic rings. The summed E-state index contributed by atoms with van der Waals surface area (Å²) in [5.41, 5.74) is -0.229. The summed E-state index contributed by atoms with van der Waals surface area (Å²) in [5, 5.41) is 2.54. The van der Waals surface area contributed by atoms with E-state index in [1.54, 1.807) is 28.8 Å². The van der Waals surface area contributed by atoms with E-state index >= 15 is 8.78 Å². The maximum Gasteiger partial charge on any atom is 0.410 e. The number of hydrogen-bond donors (Lipinski definition) is 1. The summed E-state index contributed by atoms with van der Waals surface area (Å²) in [6.07, 6.45) is 3.97. The van der Waals surface area contributed by atoms with Gasteiger partial charge in [-0.1, -0.05) is 0 Å². The summed E-state index contributed by atoms with van der Waals surface area (Å²) < 4.78 is 37.7. The Balaban J connectivity index is 1.52. The Morgan fingerprint density at radius 1 is 1.15 bits per heavy atom. The first-order valence-electron chi connectivity index (χ1n) is 11.7. The lowest BCUT2D eigenvalue weighted by molar-refractivity contribution is -0.135. The molecule has 1 saturated heterocycles. The van der Waals surface area contributed by atoms with Crippen LogP contribution in [-0.2, 0) is 14.3 Å². The highest BCUT2D eigenvalue weighted by atomic mass is 19.1. The van der Waals surface area contributed by atoms with Crippen LogP contribution in [0.25, 0.3) is 10.9 Å². The Kier molecular flexibility index (Phi) is 6.40. The van der Waals surface area contributed by atoms with E-state index in [4.69, 9.17) is 4.74 Å². The van der Waals surface area contributed by atoms with Gasteiger partial charge in [0.25, 0.3) is 0 Å². The maximum atomic E-state index is 15.5. The van der Waals surface area contributed by atoms with Gasteiger partial charge in [0, 0.05) is 36.7 Å². The standard InChI is InChI=1S/C25H31F2N3O4/c1-25(2,3)34-24(33)29(4)15-7-5-14(6-8-15)21-17(26)13-19-16(22(21)27)11-12-30(19)18-9-10-20(31)28-23(18)32/h11-15,18H,5-10H2,1-4H3,(H,28,31,32). The molecule has 1 saturated carbocycles. The molecule has 1 aromatic heterocycles. The quantitative estimate of drug-likeness (QED) is 0.648. The van der Waals surface area contributed by atoms with Crippen LogP contribution in [0.5, 0.6) is 0 Å². The van der Waals surface area contributed by atoms with E-state index in [2.05, 4.69) is 5.32 Å². The van der Waals surface area contributed by atoms with Crippen LogP contribution in [0.2, 0.25) is 0 Å². The van der Waals surface area contributed by atoms with Gasteiger partial charge in [-0.05, 0) is 70.9 Å². The molecule has 34 heavy (non-hydrogen) atoms. The van der Waals surface area contributed by atoms with Gasteiger partial charge in [-0.15, -0.1) is 0 Å². The maximum absolute atomic E-state index is 15.5. The number of ether oxygens (including phenoxy) is 1. The highest BCUT2D eigenvalue weighted by Crippen LogP contribution is 2.40. The predicted molar refractivity (Wildman–Crippen MR) is 122 cm³/mol. The number of halogens is 2. The highest BCUT2D eigenvalue weighted by Gasteiger charge is 2.34. The Hall–Kier alpha value is -2.97. The van der Waals surface area contributed by atoms with Crippen LogP contribution in [0, 0.1) is 11.6 Å². The number of carbonyl (C=O) groups excluding carboxylic acids is 3. The molecule has 1 aliphatic heterocycles. The summed E-state index contributed by atoms with van der Waals surface area (Å²) in [5.74, 6) is -2.35. The van der Waals surface area contributed by atoms with Gasteiger partial charge in [-0.3, -0.25) is 14.9 Å². The number of nitrogens with zero attached hydrogens (tertiary/aromatic N) is 2. The molecule has 1 aliphatic carbocycles. The van der Waals surface area contributed by atoms with E-state index in [9.17, 15) is 14.4 Å². The molecule has 1 aromatic carbocycles. The molecule has 184 valence electrons. The van der Waals surface area contributed by atoms with E-state index in [-0.39, 0.29) is 41.7 Å². The fourth-order valence-electron chi connectivity index (χ4n) is 5.07. The smallest absolute Gasteiger partial charge is 0.410 e. The Bertz CT molecular complexity index is 1130. The number of fused-ring (bicyclic) bond motifs is 1. The first kappa shape index (κ1) is 24.2. The normalized spacial score (nSPS) is 23.6. The zero-order valence-electron chi connectivity index (χ0n) is 20.0. The van der Waals surface area contributed by atoms with Crippen molar-refractivity contribution in [1.29, 1.82) is 0 Å². The molecule has 1 unspecified atom stereocenters. The number of benzene rings is 1. The number of imide groups is 1. The number of nitrogens with one attached hydrogen (secondary N) is 1. The molecular weight excluding hydrogens is 444 g/mol. The summed E-state index contributed by atoms with van der Waals surface area (Å²) in [7, 11) is 1.70. The van der Waals surface area contributed by atoms with Crippen molar-refractivity contribution in [2.45, 2.75) is 82.9 Å². The molecule has 1 N–H and O–H groups in total. The van der Waals surface area contributed by atoms with Gasteiger partial charge in [0.2, 0.25) is 11.8 Å². The van der Waals surface area contributed by atoms with Crippen molar-refractivity contribution in [2.75, 3.05) is 7.05 Å². The van der Waals surface area contributed by atoms with Crippen LogP contribution in [0.15, 0.2) is 18.3 Å². The molecule has 9 heteroatoms. The van der Waals surface area contributed by atoms with Crippen molar-refractivity contribution in [3.8, 4) is 0 Å². The summed E-state index contributed by atoms with van der Waals surface area (Å²) in [4.78, 5) is 37.7. The molecule has 1 atom stereocenters. The first-order valence-corrected chi connectivity index (χ1v) is 11.7. The van der Waals surface area contributed by atoms with Crippen molar-refractivity contribution >= 4 is 28.8 Å². The van der Waals surface area contributed by atoms with Gasteiger partial charge < -0.3 is 14.2 Å². The largest absolute Gasteiger partial charge is 0.444 e. The number of hydrogen-bond acceptors (Lipinski definition) is 4. The minimum absolute atomic E-state index is 0.0467. The molecule has 3 amide bonds. The second-order valence-corrected chi connectivity index (χ2v) is 10.3. The third-order valence-corrected chi connectivity index (χ3v) is 6.83. The minimum Gasteiger partial charge on any atom is -0.444 e. The average Bonchev–Trinajstić information content (AvgIpc) is 3.16. The van der Waals surface area contributed by atoms with Gasteiger partial charge in [0.1, 0.15) is 23.3 Å². The van der Waals surface area contributed by atoms with E-state index in [1.807, 2.05) is 20.8 Å². The van der Waals surface area contributed by atoms with E-state index in [0.717, 1.165) is 0 Å². The number of carbonyl (C=O) groups is 3. The van der Waals surface area contributed by atoms with E-state index in [1.165, 1.54) is 6.07 Å². The second-order valence-electron chi connectivity index (χ2n) is 10.3. The number of amides is 3. The van der Waals surface area contributed by atoms with Crippen LogP contribution in [0.3, 0.4) is 0 Å². The monoisotopic (exact) mass is 475 g/mol. The van der Waals surface area contributed by atoms with Crippen molar-refractivity contribution in [2.24, 2.45) is 0 Å². The second kappa shape index (κ2) is 9.00. The number of piperidine rings is 1. The van der Waals surface area contributed by atoms with Crippen LogP contribution in [0.4, 0.5) is 13.6 Å². The molecule has 2 fully saturated rings. The van der Waals surface area contributed by atoms with Gasteiger partial charge in [0.15, 0.2) is 0 Å². The molecule has 0 radical (unpaired) electrons. The summed E-state index contributed by atoms with van der Waals surface area (Å²) in [6, 6.07) is 2.11. The molecule has 0 bridgehead atoms. The first-order chi connectivity index (χ1) is 16.0. The lowest BCUT2D eigenvalue weighted by Crippen LogP contribution is -2.42. The topological polar surface area (TPSA) is 80.6 Å². The number of aromatic nitrogens is 1. The third-order valence-electron chi connectivity index (χ3n) is 6.83. The zero-order valence-corrected chi connectivity index (χ0v) is 20.0. The van der Waals surface area contributed by atoms with Gasteiger partial charge in [-0.2, -0.15) is 0 Å².